The maximum atomic E-state index is 10.9. The van der Waals surface area contributed by atoms with Gasteiger partial charge in [-0.3, -0.25) is 0 Å². The van der Waals surface area contributed by atoms with Crippen LogP contribution < -0.4 is 4.52 Å². The van der Waals surface area contributed by atoms with Crippen molar-refractivity contribution in [1.29, 1.82) is 0 Å². The number of benzene rings is 4. The van der Waals surface area contributed by atoms with Gasteiger partial charge in [-0.25, -0.2) is 4.57 Å². The summed E-state index contributed by atoms with van der Waals surface area (Å²) in [5.74, 6) is 0.314. The Labute approximate surface area is 163 Å². The van der Waals surface area contributed by atoms with Crippen LogP contribution in [0.4, 0.5) is 0 Å². The van der Waals surface area contributed by atoms with Crippen LogP contribution in [-0.2, 0) is 4.57 Å². The van der Waals surface area contributed by atoms with Gasteiger partial charge in [-0.05, 0) is 22.6 Å². The SMILES string of the molecule is O=P(O)(Cl)Oc1cccc2ccccc12.c1ccc(-c2ccccc2)cc1. The molecule has 27 heavy (non-hydrogen) atoms. The minimum atomic E-state index is -4.02. The largest absolute Gasteiger partial charge is 0.474 e. The van der Waals surface area contributed by atoms with Crippen molar-refractivity contribution in [1.82, 2.24) is 0 Å². The predicted molar refractivity (Wildman–Crippen MR) is 112 cm³/mol. The average Bonchev–Trinajstić information content (AvgIpc) is 2.69. The molecule has 4 aromatic rings. The quantitative estimate of drug-likeness (QED) is 0.382. The van der Waals surface area contributed by atoms with Crippen LogP contribution in [0.3, 0.4) is 0 Å². The van der Waals surface area contributed by atoms with Crippen molar-refractivity contribution >= 4 is 29.0 Å². The summed E-state index contributed by atoms with van der Waals surface area (Å²) < 4.78 is 15.7. The molecule has 1 atom stereocenters. The Morgan fingerprint density at radius 1 is 0.667 bits per heavy atom. The van der Waals surface area contributed by atoms with Crippen LogP contribution in [0.15, 0.2) is 103 Å². The lowest BCUT2D eigenvalue weighted by Gasteiger charge is -2.08. The molecule has 0 aromatic heterocycles. The Morgan fingerprint density at radius 2 is 1.15 bits per heavy atom. The molecule has 136 valence electrons. The van der Waals surface area contributed by atoms with E-state index in [1.807, 2.05) is 36.4 Å². The number of halogens is 1. The van der Waals surface area contributed by atoms with Crippen molar-refractivity contribution in [3.63, 3.8) is 0 Å². The van der Waals surface area contributed by atoms with Gasteiger partial charge >= 0.3 is 6.95 Å². The summed E-state index contributed by atoms with van der Waals surface area (Å²) in [6.45, 7) is -4.02. The van der Waals surface area contributed by atoms with Crippen LogP contribution in [0, 0.1) is 0 Å². The molecule has 5 heteroatoms. The molecule has 3 nitrogen and oxygen atoms in total. The average molecular weight is 397 g/mol. The van der Waals surface area contributed by atoms with Crippen LogP contribution in [0.1, 0.15) is 0 Å². The number of hydrogen-bond acceptors (Lipinski definition) is 2. The number of fused-ring (bicyclic) bond motifs is 1. The molecular formula is C22H18ClO3P. The van der Waals surface area contributed by atoms with Crippen molar-refractivity contribution in [3.8, 4) is 16.9 Å². The van der Waals surface area contributed by atoms with Gasteiger partial charge in [0.05, 0.1) is 0 Å². The molecule has 0 aliphatic rings. The van der Waals surface area contributed by atoms with Crippen LogP contribution in [0.2, 0.25) is 0 Å². The van der Waals surface area contributed by atoms with Gasteiger partial charge in [0.2, 0.25) is 0 Å². The van der Waals surface area contributed by atoms with E-state index in [1.165, 1.54) is 11.1 Å². The fourth-order valence-corrected chi connectivity index (χ4v) is 3.28. The molecular weight excluding hydrogens is 379 g/mol. The summed E-state index contributed by atoms with van der Waals surface area (Å²) in [5, 5.41) is 1.69. The van der Waals surface area contributed by atoms with Gasteiger partial charge in [0, 0.05) is 16.6 Å². The van der Waals surface area contributed by atoms with Crippen LogP contribution >= 0.6 is 18.2 Å². The lowest BCUT2D eigenvalue weighted by atomic mass is 10.1. The van der Waals surface area contributed by atoms with E-state index in [1.54, 1.807) is 18.2 Å². The first-order valence-electron chi connectivity index (χ1n) is 8.33. The predicted octanol–water partition coefficient (Wildman–Crippen LogP) is 6.91. The number of rotatable bonds is 3. The summed E-state index contributed by atoms with van der Waals surface area (Å²) in [5.41, 5.74) is 2.55. The molecule has 0 radical (unpaired) electrons. The molecule has 4 rings (SSSR count). The lowest BCUT2D eigenvalue weighted by Crippen LogP contribution is -1.86. The highest BCUT2D eigenvalue weighted by molar-refractivity contribution is 7.80. The van der Waals surface area contributed by atoms with E-state index >= 15 is 0 Å². The minimum absolute atomic E-state index is 0.314. The van der Waals surface area contributed by atoms with Crippen molar-refractivity contribution in [2.75, 3.05) is 0 Å². The molecule has 0 saturated heterocycles. The summed E-state index contributed by atoms with van der Waals surface area (Å²) in [6, 6.07) is 33.4. The highest BCUT2D eigenvalue weighted by Gasteiger charge is 2.17. The first-order valence-corrected chi connectivity index (χ1v) is 10.8. The Balaban J connectivity index is 0.000000159. The summed E-state index contributed by atoms with van der Waals surface area (Å²) in [6.07, 6.45) is 0. The molecule has 0 saturated carbocycles. The van der Waals surface area contributed by atoms with Crippen LogP contribution in [0.5, 0.6) is 5.75 Å². The van der Waals surface area contributed by atoms with Crippen molar-refractivity contribution < 1.29 is 14.0 Å². The van der Waals surface area contributed by atoms with Gasteiger partial charge in [0.25, 0.3) is 0 Å². The Bertz CT molecular complexity index is 1000. The third kappa shape index (κ3) is 5.70. The second kappa shape index (κ2) is 8.88. The minimum Gasteiger partial charge on any atom is -0.413 e. The highest BCUT2D eigenvalue weighted by Crippen LogP contribution is 2.48. The molecule has 1 unspecified atom stereocenters. The molecule has 0 aliphatic carbocycles. The van der Waals surface area contributed by atoms with E-state index < -0.39 is 6.95 Å². The zero-order chi connectivity index (χ0) is 19.1. The van der Waals surface area contributed by atoms with Gasteiger partial charge in [-0.1, -0.05) is 97.1 Å². The fourth-order valence-electron chi connectivity index (χ4n) is 2.66. The van der Waals surface area contributed by atoms with Gasteiger partial charge in [0.1, 0.15) is 5.75 Å². The van der Waals surface area contributed by atoms with Gasteiger partial charge < -0.3 is 9.42 Å². The van der Waals surface area contributed by atoms with Gasteiger partial charge in [0.15, 0.2) is 0 Å². The Hall–Kier alpha value is -2.58. The van der Waals surface area contributed by atoms with E-state index in [2.05, 4.69) is 48.5 Å². The van der Waals surface area contributed by atoms with Crippen molar-refractivity contribution in [2.24, 2.45) is 0 Å². The standard InChI is InChI=1S/C12H10.C10H8ClO3P/c1-3-7-11(8-4-1)12-9-5-2-6-10-12;11-15(12,13)14-10-7-3-5-8-4-1-2-6-9(8)10/h1-10H;1-7H,(H,12,13). The molecule has 0 bridgehead atoms. The zero-order valence-electron chi connectivity index (χ0n) is 14.4. The lowest BCUT2D eigenvalue weighted by molar-refractivity contribution is 0.402. The topological polar surface area (TPSA) is 46.5 Å². The van der Waals surface area contributed by atoms with E-state index in [0.29, 0.717) is 5.75 Å². The molecule has 0 spiro atoms. The first-order chi connectivity index (χ1) is 13.0. The third-order valence-electron chi connectivity index (χ3n) is 3.84. The van der Waals surface area contributed by atoms with E-state index in [0.717, 1.165) is 10.8 Å². The second-order valence-corrected chi connectivity index (χ2v) is 8.12. The van der Waals surface area contributed by atoms with Crippen LogP contribution in [-0.4, -0.2) is 4.89 Å². The van der Waals surface area contributed by atoms with E-state index in [4.69, 9.17) is 20.7 Å². The molecule has 1 N–H and O–H groups in total. The molecule has 4 aromatic carbocycles. The number of hydrogen-bond donors (Lipinski definition) is 1. The van der Waals surface area contributed by atoms with Gasteiger partial charge in [-0.15, -0.1) is 0 Å². The molecule has 0 fully saturated rings. The monoisotopic (exact) mass is 396 g/mol. The molecule has 0 heterocycles. The Kier molecular flexibility index (Phi) is 6.31. The van der Waals surface area contributed by atoms with Crippen molar-refractivity contribution in [3.05, 3.63) is 103 Å². The summed E-state index contributed by atoms with van der Waals surface area (Å²) in [7, 11) is 0. The highest BCUT2D eigenvalue weighted by atomic mass is 35.7. The van der Waals surface area contributed by atoms with Crippen molar-refractivity contribution in [2.45, 2.75) is 0 Å². The molecule has 0 aliphatic heterocycles. The van der Waals surface area contributed by atoms with E-state index in [9.17, 15) is 4.57 Å². The zero-order valence-corrected chi connectivity index (χ0v) is 16.1. The van der Waals surface area contributed by atoms with Crippen LogP contribution in [0.25, 0.3) is 21.9 Å². The summed E-state index contributed by atoms with van der Waals surface area (Å²) >= 11 is 5.16. The third-order valence-corrected chi connectivity index (χ3v) is 4.47. The Morgan fingerprint density at radius 3 is 1.70 bits per heavy atom. The second-order valence-electron chi connectivity index (χ2n) is 5.75. The summed E-state index contributed by atoms with van der Waals surface area (Å²) in [4.78, 5) is 8.93. The van der Waals surface area contributed by atoms with Gasteiger partial charge in [-0.2, -0.15) is 0 Å². The fraction of sp³-hybridized carbons (Fsp3) is 0. The maximum absolute atomic E-state index is 10.9. The molecule has 0 amide bonds. The van der Waals surface area contributed by atoms with E-state index in [-0.39, 0.29) is 0 Å². The smallest absolute Gasteiger partial charge is 0.413 e. The maximum Gasteiger partial charge on any atom is 0.474 e. The normalized spacial score (nSPS) is 12.5. The first kappa shape index (κ1) is 19.2.